The lowest BCUT2D eigenvalue weighted by molar-refractivity contribution is 0.0793. The quantitative estimate of drug-likeness (QED) is 0.831. The van der Waals surface area contributed by atoms with Gasteiger partial charge in [0, 0.05) is 24.3 Å². The normalized spacial score (nSPS) is 14.9. The fourth-order valence-corrected chi connectivity index (χ4v) is 4.68. The van der Waals surface area contributed by atoms with Gasteiger partial charge in [-0.25, -0.2) is 8.42 Å². The van der Waals surface area contributed by atoms with Gasteiger partial charge in [0.15, 0.2) is 0 Å². The Labute approximate surface area is 167 Å². The van der Waals surface area contributed by atoms with E-state index in [1.807, 2.05) is 17.0 Å². The minimum absolute atomic E-state index is 0.000583. The Hall–Kier alpha value is -2.34. The van der Waals surface area contributed by atoms with E-state index in [9.17, 15) is 13.2 Å². The molecule has 6 heteroatoms. The van der Waals surface area contributed by atoms with Crippen molar-refractivity contribution in [3.8, 4) is 0 Å². The lowest BCUT2D eigenvalue weighted by Crippen LogP contribution is -2.27. The molecule has 0 aliphatic carbocycles. The van der Waals surface area contributed by atoms with Crippen molar-refractivity contribution < 1.29 is 13.2 Å². The highest BCUT2D eigenvalue weighted by Gasteiger charge is 2.22. The Kier molecular flexibility index (Phi) is 5.53. The summed E-state index contributed by atoms with van der Waals surface area (Å²) >= 11 is 0. The summed E-state index contributed by atoms with van der Waals surface area (Å²) in [6.07, 6.45) is 2.08. The molecule has 2 aromatic carbocycles. The summed E-state index contributed by atoms with van der Waals surface area (Å²) in [6.45, 7) is 9.53. The molecule has 1 heterocycles. The molecule has 1 N–H and O–H groups in total. The summed E-state index contributed by atoms with van der Waals surface area (Å²) in [5, 5.41) is 0. The number of anilines is 1. The zero-order valence-electron chi connectivity index (χ0n) is 17.0. The van der Waals surface area contributed by atoms with Crippen molar-refractivity contribution in [1.29, 1.82) is 0 Å². The van der Waals surface area contributed by atoms with Gasteiger partial charge < -0.3 is 4.90 Å². The van der Waals surface area contributed by atoms with Crippen molar-refractivity contribution in [3.05, 3.63) is 59.2 Å². The maximum absolute atomic E-state index is 12.9. The predicted octanol–water partition coefficient (Wildman–Crippen LogP) is 4.33. The van der Waals surface area contributed by atoms with Gasteiger partial charge in [0.25, 0.3) is 15.9 Å². The molecule has 2 aromatic rings. The molecule has 28 heavy (non-hydrogen) atoms. The molecule has 0 radical (unpaired) electrons. The first kappa shape index (κ1) is 20.4. The van der Waals surface area contributed by atoms with Gasteiger partial charge in [-0.05, 0) is 66.6 Å². The third-order valence-corrected chi connectivity index (χ3v) is 6.64. The molecular formula is C22H28N2O3S. The maximum Gasteiger partial charge on any atom is 0.262 e. The second-order valence-corrected chi connectivity index (χ2v) is 10.1. The van der Waals surface area contributed by atoms with E-state index in [1.54, 1.807) is 37.3 Å². The van der Waals surface area contributed by atoms with Crippen LogP contribution in [0, 0.1) is 6.92 Å². The van der Waals surface area contributed by atoms with Crippen molar-refractivity contribution in [2.75, 3.05) is 17.8 Å². The van der Waals surface area contributed by atoms with Crippen LogP contribution in [0.15, 0.2) is 47.4 Å². The highest BCUT2D eigenvalue weighted by molar-refractivity contribution is 7.92. The average molecular weight is 401 g/mol. The number of carbonyl (C=O) groups excluding carboxylic acids is 1. The van der Waals surface area contributed by atoms with E-state index in [4.69, 9.17) is 0 Å². The van der Waals surface area contributed by atoms with E-state index in [-0.39, 0.29) is 16.2 Å². The van der Waals surface area contributed by atoms with Crippen molar-refractivity contribution in [1.82, 2.24) is 4.90 Å². The topological polar surface area (TPSA) is 66.5 Å². The number of nitrogens with one attached hydrogen (secondary N) is 1. The number of hydrogen-bond acceptors (Lipinski definition) is 3. The average Bonchev–Trinajstić information content (AvgIpc) is 3.15. The van der Waals surface area contributed by atoms with Crippen molar-refractivity contribution in [2.24, 2.45) is 0 Å². The van der Waals surface area contributed by atoms with Crippen molar-refractivity contribution in [2.45, 2.75) is 50.8 Å². The predicted molar refractivity (Wildman–Crippen MR) is 112 cm³/mol. The Bertz CT molecular complexity index is 968. The Morgan fingerprint density at radius 3 is 2.18 bits per heavy atom. The summed E-state index contributed by atoms with van der Waals surface area (Å²) in [5.41, 5.74) is 2.54. The molecule has 1 amide bonds. The van der Waals surface area contributed by atoms with Gasteiger partial charge in [0.05, 0.1) is 4.90 Å². The summed E-state index contributed by atoms with van der Waals surface area (Å²) < 4.78 is 28.5. The fourth-order valence-electron chi connectivity index (χ4n) is 3.35. The van der Waals surface area contributed by atoms with Crippen LogP contribution >= 0.6 is 0 Å². The van der Waals surface area contributed by atoms with E-state index in [2.05, 4.69) is 25.5 Å². The second kappa shape index (κ2) is 7.59. The lowest BCUT2D eigenvalue weighted by atomic mass is 9.87. The van der Waals surface area contributed by atoms with Gasteiger partial charge in [-0.3, -0.25) is 9.52 Å². The molecule has 1 fully saturated rings. The van der Waals surface area contributed by atoms with E-state index in [0.29, 0.717) is 16.8 Å². The molecule has 0 bridgehead atoms. The van der Waals surface area contributed by atoms with Crippen LogP contribution in [-0.2, 0) is 15.4 Å². The molecule has 0 spiro atoms. The number of aryl methyl sites for hydroxylation is 1. The molecule has 3 rings (SSSR count). The molecule has 5 nitrogen and oxygen atoms in total. The zero-order valence-corrected chi connectivity index (χ0v) is 17.8. The molecule has 0 unspecified atom stereocenters. The van der Waals surface area contributed by atoms with Gasteiger partial charge in [0.1, 0.15) is 0 Å². The maximum atomic E-state index is 12.9. The number of likely N-dealkylation sites (tertiary alicyclic amines) is 1. The monoisotopic (exact) mass is 400 g/mol. The number of hydrogen-bond donors (Lipinski definition) is 1. The molecule has 0 atom stereocenters. The number of sulfonamides is 1. The number of amides is 1. The first-order chi connectivity index (χ1) is 13.1. The third kappa shape index (κ3) is 4.38. The molecule has 150 valence electrons. The molecular weight excluding hydrogens is 372 g/mol. The van der Waals surface area contributed by atoms with Gasteiger partial charge in [-0.15, -0.1) is 0 Å². The first-order valence-electron chi connectivity index (χ1n) is 9.61. The standard InChI is InChI=1S/C22H28N2O3S/c1-16-7-10-18(22(2,3)4)15-20(16)28(26,27)23-19-11-8-17(9-12-19)21(25)24-13-5-6-14-24/h7-12,15,23H,5-6,13-14H2,1-4H3. The second-order valence-electron chi connectivity index (χ2n) is 8.41. The first-order valence-corrected chi connectivity index (χ1v) is 11.1. The van der Waals surface area contributed by atoms with Crippen LogP contribution in [0.25, 0.3) is 0 Å². The smallest absolute Gasteiger partial charge is 0.262 e. The van der Waals surface area contributed by atoms with Crippen LogP contribution < -0.4 is 4.72 Å². The van der Waals surface area contributed by atoms with E-state index < -0.39 is 10.0 Å². The third-order valence-electron chi connectivity index (χ3n) is 5.12. The van der Waals surface area contributed by atoms with Gasteiger partial charge in [-0.1, -0.05) is 32.9 Å². The fraction of sp³-hybridized carbons (Fsp3) is 0.409. The van der Waals surface area contributed by atoms with E-state index >= 15 is 0 Å². The molecule has 0 aromatic heterocycles. The van der Waals surface area contributed by atoms with Gasteiger partial charge in [-0.2, -0.15) is 0 Å². The number of benzene rings is 2. The molecule has 1 aliphatic heterocycles. The Balaban J connectivity index is 1.82. The van der Waals surface area contributed by atoms with Crippen LogP contribution in [0.2, 0.25) is 0 Å². The summed E-state index contributed by atoms with van der Waals surface area (Å²) in [7, 11) is -3.72. The minimum atomic E-state index is -3.72. The Morgan fingerprint density at radius 2 is 1.61 bits per heavy atom. The number of nitrogens with zero attached hydrogens (tertiary/aromatic N) is 1. The van der Waals surface area contributed by atoms with Crippen molar-refractivity contribution in [3.63, 3.8) is 0 Å². The number of carbonyl (C=O) groups is 1. The van der Waals surface area contributed by atoms with Crippen LogP contribution in [0.1, 0.15) is 55.1 Å². The zero-order chi connectivity index (χ0) is 20.5. The SMILES string of the molecule is Cc1ccc(C(C)(C)C)cc1S(=O)(=O)Nc1ccc(C(=O)N2CCCC2)cc1. The Morgan fingerprint density at radius 1 is 1.00 bits per heavy atom. The summed E-state index contributed by atoms with van der Waals surface area (Å²) in [6, 6.07) is 12.2. The molecule has 0 saturated carbocycles. The van der Waals surface area contributed by atoms with Gasteiger partial charge in [0.2, 0.25) is 0 Å². The van der Waals surface area contributed by atoms with E-state index in [1.165, 1.54) is 0 Å². The van der Waals surface area contributed by atoms with Crippen LogP contribution in [0.5, 0.6) is 0 Å². The summed E-state index contributed by atoms with van der Waals surface area (Å²) in [5.74, 6) is 0.000583. The van der Waals surface area contributed by atoms with Gasteiger partial charge >= 0.3 is 0 Å². The van der Waals surface area contributed by atoms with Crippen LogP contribution in [0.4, 0.5) is 5.69 Å². The lowest BCUT2D eigenvalue weighted by Gasteiger charge is -2.21. The minimum Gasteiger partial charge on any atom is -0.339 e. The highest BCUT2D eigenvalue weighted by atomic mass is 32.2. The number of rotatable bonds is 4. The van der Waals surface area contributed by atoms with Crippen LogP contribution in [-0.4, -0.2) is 32.3 Å². The molecule has 1 aliphatic rings. The largest absolute Gasteiger partial charge is 0.339 e. The molecule has 1 saturated heterocycles. The van der Waals surface area contributed by atoms with Crippen molar-refractivity contribution >= 4 is 21.6 Å². The summed E-state index contributed by atoms with van der Waals surface area (Å²) in [4.78, 5) is 14.5. The van der Waals surface area contributed by atoms with E-state index in [0.717, 1.165) is 31.5 Å². The van der Waals surface area contributed by atoms with Crippen LogP contribution in [0.3, 0.4) is 0 Å². The highest BCUT2D eigenvalue weighted by Crippen LogP contribution is 2.28.